The van der Waals surface area contributed by atoms with Crippen molar-refractivity contribution in [1.29, 1.82) is 0 Å². The van der Waals surface area contributed by atoms with Gasteiger partial charge in [-0.05, 0) is 42.6 Å². The number of hydrogen-bond acceptors (Lipinski definition) is 4. The van der Waals surface area contributed by atoms with Crippen LogP contribution in [0.15, 0.2) is 30.6 Å². The highest BCUT2D eigenvalue weighted by molar-refractivity contribution is 6.31. The zero-order valence-corrected chi connectivity index (χ0v) is 16.6. The molecular weight excluding hydrogens is 362 g/mol. The molecule has 0 radical (unpaired) electrons. The van der Waals surface area contributed by atoms with Gasteiger partial charge in [-0.2, -0.15) is 5.10 Å². The van der Waals surface area contributed by atoms with E-state index in [2.05, 4.69) is 27.1 Å². The van der Waals surface area contributed by atoms with Crippen molar-refractivity contribution in [2.24, 2.45) is 13.0 Å². The van der Waals surface area contributed by atoms with E-state index >= 15 is 0 Å². The molecule has 0 unspecified atom stereocenters. The molecule has 2 heterocycles. The number of carbonyl (C=O) groups is 1. The minimum absolute atomic E-state index is 0.0120. The molecule has 144 valence electrons. The Bertz CT molecular complexity index is 828. The number of anilines is 2. The number of halogens is 1. The van der Waals surface area contributed by atoms with Crippen molar-refractivity contribution in [2.75, 3.05) is 42.9 Å². The van der Waals surface area contributed by atoms with Crippen molar-refractivity contribution in [3.05, 3.63) is 41.2 Å². The molecule has 1 aromatic heterocycles. The first-order valence-electron chi connectivity index (χ1n) is 9.61. The number of carbonyl (C=O) groups excluding carboxylic acids is 1. The van der Waals surface area contributed by atoms with Gasteiger partial charge in [-0.25, -0.2) is 0 Å². The van der Waals surface area contributed by atoms with Crippen LogP contribution in [0.4, 0.5) is 11.4 Å². The van der Waals surface area contributed by atoms with Gasteiger partial charge < -0.3 is 15.1 Å². The third-order valence-corrected chi connectivity index (χ3v) is 5.89. The average Bonchev–Trinajstić information content (AvgIpc) is 3.36. The van der Waals surface area contributed by atoms with E-state index in [1.807, 2.05) is 37.6 Å². The summed E-state index contributed by atoms with van der Waals surface area (Å²) in [5, 5.41) is 7.99. The topological polar surface area (TPSA) is 53.4 Å². The van der Waals surface area contributed by atoms with Crippen LogP contribution in [0, 0.1) is 5.92 Å². The number of nitrogens with one attached hydrogen (secondary N) is 1. The molecule has 2 atom stereocenters. The number of likely N-dealkylation sites (N-methyl/N-ethyl adjacent to an activating group) is 1. The molecule has 0 spiro atoms. The van der Waals surface area contributed by atoms with E-state index in [-0.39, 0.29) is 17.7 Å². The summed E-state index contributed by atoms with van der Waals surface area (Å²) in [5.41, 5.74) is 3.01. The van der Waals surface area contributed by atoms with E-state index in [0.717, 1.165) is 56.1 Å². The number of rotatable bonds is 5. The molecular formula is C20H26ClN5O. The van der Waals surface area contributed by atoms with E-state index in [1.54, 1.807) is 4.68 Å². The zero-order chi connectivity index (χ0) is 19.0. The van der Waals surface area contributed by atoms with Crippen LogP contribution in [-0.2, 0) is 11.8 Å². The van der Waals surface area contributed by atoms with Gasteiger partial charge in [0.15, 0.2) is 0 Å². The molecule has 2 fully saturated rings. The summed E-state index contributed by atoms with van der Waals surface area (Å²) in [6, 6.07) is 5.78. The maximum Gasteiger partial charge on any atom is 0.228 e. The van der Waals surface area contributed by atoms with Crippen LogP contribution >= 0.6 is 11.6 Å². The van der Waals surface area contributed by atoms with E-state index in [9.17, 15) is 4.79 Å². The van der Waals surface area contributed by atoms with Gasteiger partial charge in [0.25, 0.3) is 0 Å². The fourth-order valence-electron chi connectivity index (χ4n) is 3.90. The summed E-state index contributed by atoms with van der Waals surface area (Å²) in [4.78, 5) is 17.6. The van der Waals surface area contributed by atoms with Crippen molar-refractivity contribution >= 4 is 28.9 Å². The van der Waals surface area contributed by atoms with Gasteiger partial charge in [-0.3, -0.25) is 9.48 Å². The highest BCUT2D eigenvalue weighted by Crippen LogP contribution is 2.48. The standard InChI is InChI=1S/C20H26ClN5O/c1-3-25-6-8-26(9-7-25)19-5-4-15(21)10-18(19)23-20(27)17-11-16(17)14-12-22-24(2)13-14/h4-5,10,12-13,16-17H,3,6-9,11H2,1-2H3,(H,23,27)/t16-,17+/m0/s1. The fraction of sp³-hybridized carbons (Fsp3) is 0.500. The Morgan fingerprint density at radius 1 is 1.30 bits per heavy atom. The van der Waals surface area contributed by atoms with Gasteiger partial charge in [0.2, 0.25) is 5.91 Å². The first kappa shape index (κ1) is 18.3. The third-order valence-electron chi connectivity index (χ3n) is 5.66. The van der Waals surface area contributed by atoms with E-state index in [1.165, 1.54) is 0 Å². The molecule has 1 aromatic carbocycles. The lowest BCUT2D eigenvalue weighted by molar-refractivity contribution is -0.117. The Kier molecular flexibility index (Phi) is 5.10. The molecule has 7 heteroatoms. The van der Waals surface area contributed by atoms with Crippen molar-refractivity contribution < 1.29 is 4.79 Å². The Hall–Kier alpha value is -2.05. The first-order chi connectivity index (χ1) is 13.0. The molecule has 1 amide bonds. The quantitative estimate of drug-likeness (QED) is 0.857. The lowest BCUT2D eigenvalue weighted by atomic mass is 10.1. The number of hydrogen-bond donors (Lipinski definition) is 1. The second-order valence-electron chi connectivity index (χ2n) is 7.47. The molecule has 1 aliphatic carbocycles. The molecule has 27 heavy (non-hydrogen) atoms. The first-order valence-corrected chi connectivity index (χ1v) is 9.99. The second-order valence-corrected chi connectivity index (χ2v) is 7.90. The third kappa shape index (κ3) is 3.96. The molecule has 1 saturated carbocycles. The minimum Gasteiger partial charge on any atom is -0.367 e. The number of amides is 1. The van der Waals surface area contributed by atoms with Crippen molar-refractivity contribution in [3.63, 3.8) is 0 Å². The van der Waals surface area contributed by atoms with Gasteiger partial charge in [0, 0.05) is 50.4 Å². The number of benzene rings is 1. The van der Waals surface area contributed by atoms with Crippen LogP contribution in [-0.4, -0.2) is 53.3 Å². The van der Waals surface area contributed by atoms with Crippen LogP contribution in [0.2, 0.25) is 5.02 Å². The normalized spacial score (nSPS) is 22.7. The molecule has 0 bridgehead atoms. The summed E-state index contributed by atoms with van der Waals surface area (Å²) in [7, 11) is 1.90. The Balaban J connectivity index is 1.46. The highest BCUT2D eigenvalue weighted by Gasteiger charge is 2.44. The van der Waals surface area contributed by atoms with Gasteiger partial charge in [-0.15, -0.1) is 0 Å². The molecule has 2 aromatic rings. The summed E-state index contributed by atoms with van der Waals surface area (Å²) >= 11 is 6.22. The van der Waals surface area contributed by atoms with E-state index in [0.29, 0.717) is 5.02 Å². The lowest BCUT2D eigenvalue weighted by Crippen LogP contribution is -2.46. The number of aryl methyl sites for hydroxylation is 1. The van der Waals surface area contributed by atoms with Gasteiger partial charge >= 0.3 is 0 Å². The van der Waals surface area contributed by atoms with Crippen LogP contribution < -0.4 is 10.2 Å². The van der Waals surface area contributed by atoms with Crippen LogP contribution in [0.3, 0.4) is 0 Å². The molecule has 1 saturated heterocycles. The number of aromatic nitrogens is 2. The molecule has 1 aliphatic heterocycles. The summed E-state index contributed by atoms with van der Waals surface area (Å²) in [5.74, 6) is 0.354. The van der Waals surface area contributed by atoms with Crippen molar-refractivity contribution in [3.8, 4) is 0 Å². The summed E-state index contributed by atoms with van der Waals surface area (Å²) in [6.07, 6.45) is 4.73. The fourth-order valence-corrected chi connectivity index (χ4v) is 4.07. The zero-order valence-electron chi connectivity index (χ0n) is 15.9. The summed E-state index contributed by atoms with van der Waals surface area (Å²) in [6.45, 7) is 7.27. The number of piperazine rings is 1. The predicted molar refractivity (Wildman–Crippen MR) is 108 cm³/mol. The maximum absolute atomic E-state index is 12.8. The lowest BCUT2D eigenvalue weighted by Gasteiger charge is -2.36. The highest BCUT2D eigenvalue weighted by atomic mass is 35.5. The van der Waals surface area contributed by atoms with E-state index in [4.69, 9.17) is 11.6 Å². The molecule has 6 nitrogen and oxygen atoms in total. The van der Waals surface area contributed by atoms with Gasteiger partial charge in [0.05, 0.1) is 17.6 Å². The minimum atomic E-state index is 0.0120. The second kappa shape index (κ2) is 7.52. The van der Waals surface area contributed by atoms with E-state index < -0.39 is 0 Å². The van der Waals surface area contributed by atoms with Crippen LogP contribution in [0.25, 0.3) is 0 Å². The largest absolute Gasteiger partial charge is 0.367 e. The Morgan fingerprint density at radius 2 is 2.07 bits per heavy atom. The Labute approximate surface area is 165 Å². The molecule has 4 rings (SSSR count). The monoisotopic (exact) mass is 387 g/mol. The summed E-state index contributed by atoms with van der Waals surface area (Å²) < 4.78 is 1.79. The maximum atomic E-state index is 12.8. The number of nitrogens with zero attached hydrogens (tertiary/aromatic N) is 4. The van der Waals surface area contributed by atoms with Crippen molar-refractivity contribution in [2.45, 2.75) is 19.3 Å². The van der Waals surface area contributed by atoms with Gasteiger partial charge in [-0.1, -0.05) is 18.5 Å². The Morgan fingerprint density at radius 3 is 2.74 bits per heavy atom. The van der Waals surface area contributed by atoms with Crippen molar-refractivity contribution in [1.82, 2.24) is 14.7 Å². The van der Waals surface area contributed by atoms with Crippen LogP contribution in [0.5, 0.6) is 0 Å². The molecule has 2 aliphatic rings. The predicted octanol–water partition coefficient (Wildman–Crippen LogP) is 2.96. The SMILES string of the molecule is CCN1CCN(c2ccc(Cl)cc2NC(=O)[C@@H]2C[C@H]2c2cnn(C)c2)CC1. The average molecular weight is 388 g/mol. The smallest absolute Gasteiger partial charge is 0.228 e. The van der Waals surface area contributed by atoms with Crippen LogP contribution in [0.1, 0.15) is 24.8 Å². The van der Waals surface area contributed by atoms with Gasteiger partial charge in [0.1, 0.15) is 0 Å². The molecule has 1 N–H and O–H groups in total.